The number of ether oxygens (including phenoxy) is 2. The molecule has 0 saturated heterocycles. The van der Waals surface area contributed by atoms with Crippen LogP contribution in [0.3, 0.4) is 0 Å². The molecule has 2 aromatic carbocycles. The number of aromatic nitrogens is 2. The quantitative estimate of drug-likeness (QED) is 0.286. The summed E-state index contributed by atoms with van der Waals surface area (Å²) < 4.78 is 15.8. The Morgan fingerprint density at radius 2 is 1.78 bits per heavy atom. The molecule has 0 spiro atoms. The summed E-state index contributed by atoms with van der Waals surface area (Å²) in [7, 11) is 0. The van der Waals surface area contributed by atoms with Crippen LogP contribution in [-0.4, -0.2) is 28.3 Å². The molecule has 1 atom stereocenters. The Labute approximate surface area is 243 Å². The van der Waals surface area contributed by atoms with Crippen LogP contribution in [0.15, 0.2) is 69.6 Å². The number of esters is 1. The van der Waals surface area contributed by atoms with Gasteiger partial charge in [0, 0.05) is 22.6 Å². The summed E-state index contributed by atoms with van der Waals surface area (Å²) in [6.07, 6.45) is 1.93. The van der Waals surface area contributed by atoms with Crippen LogP contribution in [0.2, 0.25) is 0 Å². The summed E-state index contributed by atoms with van der Waals surface area (Å²) in [5.74, 6) is 0.125. The number of para-hydroxylation sites is 1. The highest BCUT2D eigenvalue weighted by Gasteiger charge is 2.35. The van der Waals surface area contributed by atoms with E-state index in [0.717, 1.165) is 22.6 Å². The lowest BCUT2D eigenvalue weighted by atomic mass is 9.95. The van der Waals surface area contributed by atoms with Crippen molar-refractivity contribution in [2.24, 2.45) is 4.99 Å². The minimum Gasteiger partial charge on any atom is -0.494 e. The molecular formula is C33H35N3O4S. The van der Waals surface area contributed by atoms with Gasteiger partial charge in [0.1, 0.15) is 11.8 Å². The molecule has 7 nitrogen and oxygen atoms in total. The Kier molecular flexibility index (Phi) is 7.87. The number of hydrogen-bond donors (Lipinski definition) is 0. The van der Waals surface area contributed by atoms with E-state index in [2.05, 4.69) is 56.5 Å². The van der Waals surface area contributed by atoms with E-state index < -0.39 is 12.0 Å². The molecule has 0 amide bonds. The lowest BCUT2D eigenvalue weighted by Gasteiger charge is -2.26. The predicted molar refractivity (Wildman–Crippen MR) is 163 cm³/mol. The van der Waals surface area contributed by atoms with Crippen LogP contribution in [-0.2, 0) is 9.53 Å². The fraction of sp³-hybridized carbons (Fsp3) is 0.303. The summed E-state index contributed by atoms with van der Waals surface area (Å²) in [6.45, 7) is 14.5. The first-order chi connectivity index (χ1) is 19.7. The van der Waals surface area contributed by atoms with Gasteiger partial charge in [0.2, 0.25) is 0 Å². The molecule has 1 aliphatic heterocycles. The maximum atomic E-state index is 14.1. The maximum absolute atomic E-state index is 14.1. The van der Waals surface area contributed by atoms with Crippen molar-refractivity contribution in [3.05, 3.63) is 113 Å². The minimum absolute atomic E-state index is 0.212. The lowest BCUT2D eigenvalue weighted by molar-refractivity contribution is -0.139. The van der Waals surface area contributed by atoms with Crippen molar-refractivity contribution >= 4 is 23.4 Å². The molecule has 0 bridgehead atoms. The topological polar surface area (TPSA) is 74.8 Å². The van der Waals surface area contributed by atoms with Gasteiger partial charge >= 0.3 is 5.97 Å². The first kappa shape index (κ1) is 28.4. The standard InChI is InChI=1S/C33H35N3O4S/c1-8-39-27-16-11-10-14-25(27)30-29(32(38)40-9-2)22(6)34-33-36(30)31(37)28(41-33)18-24-17-20(4)35(23(24)7)26-15-12-13-19(3)21(26)5/h10-18,30H,8-9H2,1-7H3/b28-18-/t30-/m1/s1. The van der Waals surface area contributed by atoms with Gasteiger partial charge in [-0.05, 0) is 89.4 Å². The van der Waals surface area contributed by atoms with E-state index in [1.807, 2.05) is 37.3 Å². The Morgan fingerprint density at radius 3 is 2.51 bits per heavy atom. The Balaban J connectivity index is 1.72. The molecule has 0 N–H and O–H groups in total. The zero-order chi connectivity index (χ0) is 29.4. The number of carbonyl (C=O) groups is 1. The summed E-state index contributed by atoms with van der Waals surface area (Å²) in [4.78, 5) is 32.6. The zero-order valence-electron chi connectivity index (χ0n) is 24.6. The van der Waals surface area contributed by atoms with Gasteiger partial charge < -0.3 is 14.0 Å². The minimum atomic E-state index is -0.724. The second-order valence-electron chi connectivity index (χ2n) is 10.2. The van der Waals surface area contributed by atoms with Gasteiger partial charge in [-0.1, -0.05) is 41.7 Å². The Morgan fingerprint density at radius 1 is 1.02 bits per heavy atom. The largest absolute Gasteiger partial charge is 0.494 e. The molecule has 1 aliphatic rings. The van der Waals surface area contributed by atoms with Crippen LogP contribution in [0.25, 0.3) is 11.8 Å². The van der Waals surface area contributed by atoms with Crippen molar-refractivity contribution in [2.75, 3.05) is 13.2 Å². The molecule has 0 aliphatic carbocycles. The number of aryl methyl sites for hydroxylation is 2. The van der Waals surface area contributed by atoms with Crippen molar-refractivity contribution < 1.29 is 14.3 Å². The summed E-state index contributed by atoms with van der Waals surface area (Å²) >= 11 is 1.32. The number of fused-ring (bicyclic) bond motifs is 1. The summed E-state index contributed by atoms with van der Waals surface area (Å²) in [6, 6.07) is 15.2. The van der Waals surface area contributed by atoms with E-state index in [9.17, 15) is 9.59 Å². The first-order valence-corrected chi connectivity index (χ1v) is 14.7. The fourth-order valence-electron chi connectivity index (χ4n) is 5.50. The maximum Gasteiger partial charge on any atom is 0.338 e. The first-order valence-electron chi connectivity index (χ1n) is 13.8. The van der Waals surface area contributed by atoms with Crippen LogP contribution < -0.4 is 19.6 Å². The SMILES string of the molecule is CCOC(=O)C1=C(C)N=c2s/c(=C\c3cc(C)n(-c4cccc(C)c4C)c3C)c(=O)n2[C@@H]1c1ccccc1OCC. The summed E-state index contributed by atoms with van der Waals surface area (Å²) in [5, 5.41) is 0. The van der Waals surface area contributed by atoms with E-state index >= 15 is 0 Å². The molecule has 8 heteroatoms. The highest BCUT2D eigenvalue weighted by Crippen LogP contribution is 2.36. The number of carbonyl (C=O) groups excluding carboxylic acids is 1. The average molecular weight is 570 g/mol. The molecule has 0 fully saturated rings. The van der Waals surface area contributed by atoms with Gasteiger partial charge in [0.15, 0.2) is 4.80 Å². The Hall–Kier alpha value is -4.17. The van der Waals surface area contributed by atoms with E-state index in [-0.39, 0.29) is 12.2 Å². The van der Waals surface area contributed by atoms with E-state index in [1.165, 1.54) is 22.5 Å². The second kappa shape index (κ2) is 11.4. The number of nitrogens with zero attached hydrogens (tertiary/aromatic N) is 3. The molecule has 41 heavy (non-hydrogen) atoms. The molecule has 0 radical (unpaired) electrons. The number of allylic oxidation sites excluding steroid dienone is 1. The van der Waals surface area contributed by atoms with Crippen molar-refractivity contribution in [3.8, 4) is 11.4 Å². The number of hydrogen-bond acceptors (Lipinski definition) is 6. The molecule has 3 heterocycles. The van der Waals surface area contributed by atoms with Crippen molar-refractivity contribution in [1.82, 2.24) is 9.13 Å². The third-order valence-corrected chi connectivity index (χ3v) is 8.59. The lowest BCUT2D eigenvalue weighted by Crippen LogP contribution is -2.40. The van der Waals surface area contributed by atoms with Crippen molar-refractivity contribution in [3.63, 3.8) is 0 Å². The second-order valence-corrected chi connectivity index (χ2v) is 11.2. The molecule has 4 aromatic rings. The third kappa shape index (κ3) is 4.97. The molecule has 5 rings (SSSR count). The zero-order valence-corrected chi connectivity index (χ0v) is 25.4. The van der Waals surface area contributed by atoms with Crippen LogP contribution in [0, 0.1) is 27.7 Å². The predicted octanol–water partition coefficient (Wildman–Crippen LogP) is 5.22. The summed E-state index contributed by atoms with van der Waals surface area (Å²) in [5.41, 5.74) is 8.03. The highest BCUT2D eigenvalue weighted by molar-refractivity contribution is 7.07. The van der Waals surface area contributed by atoms with Crippen LogP contribution in [0.1, 0.15) is 60.5 Å². The van der Waals surface area contributed by atoms with Crippen molar-refractivity contribution in [2.45, 2.75) is 54.5 Å². The van der Waals surface area contributed by atoms with Gasteiger partial charge in [-0.15, -0.1) is 0 Å². The van der Waals surface area contributed by atoms with Gasteiger partial charge in [-0.25, -0.2) is 9.79 Å². The number of thiazole rings is 1. The highest BCUT2D eigenvalue weighted by atomic mass is 32.1. The van der Waals surface area contributed by atoms with Gasteiger partial charge in [0.25, 0.3) is 5.56 Å². The fourth-order valence-corrected chi connectivity index (χ4v) is 6.54. The average Bonchev–Trinajstić information content (AvgIpc) is 3.39. The van der Waals surface area contributed by atoms with Crippen LogP contribution in [0.5, 0.6) is 5.75 Å². The molecule has 2 aromatic heterocycles. The van der Waals surface area contributed by atoms with Gasteiger partial charge in [-0.2, -0.15) is 0 Å². The van der Waals surface area contributed by atoms with Crippen molar-refractivity contribution in [1.29, 1.82) is 0 Å². The van der Waals surface area contributed by atoms with Gasteiger partial charge in [0.05, 0.1) is 29.0 Å². The smallest absolute Gasteiger partial charge is 0.338 e. The third-order valence-electron chi connectivity index (χ3n) is 7.60. The van der Waals surface area contributed by atoms with E-state index in [4.69, 9.17) is 14.5 Å². The molecular weight excluding hydrogens is 534 g/mol. The number of benzene rings is 2. The monoisotopic (exact) mass is 569 g/mol. The van der Waals surface area contributed by atoms with Gasteiger partial charge in [-0.3, -0.25) is 9.36 Å². The number of rotatable bonds is 7. The molecule has 212 valence electrons. The van der Waals surface area contributed by atoms with E-state index in [0.29, 0.717) is 38.5 Å². The normalized spacial score (nSPS) is 15.1. The Bertz CT molecular complexity index is 1870. The molecule has 0 unspecified atom stereocenters. The van der Waals surface area contributed by atoms with Crippen LogP contribution >= 0.6 is 11.3 Å². The molecule has 0 saturated carbocycles. The van der Waals surface area contributed by atoms with E-state index in [1.54, 1.807) is 18.4 Å². The van der Waals surface area contributed by atoms with Crippen LogP contribution in [0.4, 0.5) is 0 Å².